The molecule has 0 saturated heterocycles. The van der Waals surface area contributed by atoms with Crippen LogP contribution in [0, 0.1) is 20.8 Å². The van der Waals surface area contributed by atoms with Crippen molar-refractivity contribution in [3.05, 3.63) is 52.8 Å². The largest absolute Gasteiger partial charge is 0.370 e. The first kappa shape index (κ1) is 19.0. The number of rotatable bonds is 7. The van der Waals surface area contributed by atoms with Crippen molar-refractivity contribution < 1.29 is 4.79 Å². The zero-order valence-corrected chi connectivity index (χ0v) is 16.0. The van der Waals surface area contributed by atoms with Crippen molar-refractivity contribution >= 4 is 17.3 Å². The highest BCUT2D eigenvalue weighted by atomic mass is 16.1. The highest BCUT2D eigenvalue weighted by molar-refractivity contribution is 6.05. The van der Waals surface area contributed by atoms with Gasteiger partial charge in [-0.25, -0.2) is 0 Å². The van der Waals surface area contributed by atoms with E-state index in [0.717, 1.165) is 48.4 Å². The van der Waals surface area contributed by atoms with E-state index in [-0.39, 0.29) is 5.91 Å². The van der Waals surface area contributed by atoms with Gasteiger partial charge >= 0.3 is 0 Å². The number of hydrogen-bond acceptors (Lipinski definition) is 3. The first-order valence-corrected chi connectivity index (χ1v) is 9.05. The molecule has 0 radical (unpaired) electrons. The van der Waals surface area contributed by atoms with E-state index >= 15 is 0 Å². The summed E-state index contributed by atoms with van der Waals surface area (Å²) in [6.45, 7) is 12.4. The molecule has 25 heavy (non-hydrogen) atoms. The fourth-order valence-corrected chi connectivity index (χ4v) is 3.20. The number of carbonyl (C=O) groups excluding carboxylic acids is 1. The predicted molar refractivity (Wildman–Crippen MR) is 106 cm³/mol. The molecule has 1 amide bonds. The Bertz CT molecular complexity index is 711. The maximum absolute atomic E-state index is 12.7. The standard InChI is InChI=1S/C21H29N3O/c1-6-8-24(9-7-2)19-12-18(13-22-14-19)21(25)23-20-16(4)10-15(3)11-17(20)5/h10-14H,6-9H2,1-5H3,(H,23,25). The average Bonchev–Trinajstić information content (AvgIpc) is 2.58. The van der Waals surface area contributed by atoms with Crippen LogP contribution >= 0.6 is 0 Å². The Morgan fingerprint density at radius 3 is 2.16 bits per heavy atom. The number of hydrogen-bond donors (Lipinski definition) is 1. The van der Waals surface area contributed by atoms with Crippen LogP contribution in [0.15, 0.2) is 30.6 Å². The van der Waals surface area contributed by atoms with Crippen molar-refractivity contribution in [1.82, 2.24) is 4.98 Å². The molecule has 4 nitrogen and oxygen atoms in total. The van der Waals surface area contributed by atoms with Crippen molar-refractivity contribution in [2.24, 2.45) is 0 Å². The summed E-state index contributed by atoms with van der Waals surface area (Å²) >= 11 is 0. The van der Waals surface area contributed by atoms with Gasteiger partial charge in [-0.3, -0.25) is 9.78 Å². The molecule has 0 aliphatic heterocycles. The smallest absolute Gasteiger partial charge is 0.257 e. The van der Waals surface area contributed by atoms with Gasteiger partial charge in [0.2, 0.25) is 0 Å². The normalized spacial score (nSPS) is 10.6. The van der Waals surface area contributed by atoms with E-state index in [4.69, 9.17) is 0 Å². The SMILES string of the molecule is CCCN(CCC)c1cncc(C(=O)Nc2c(C)cc(C)cc2C)c1. The molecule has 1 heterocycles. The summed E-state index contributed by atoms with van der Waals surface area (Å²) in [5.41, 5.74) is 5.84. The molecule has 0 saturated carbocycles. The molecule has 2 rings (SSSR count). The molecule has 0 unspecified atom stereocenters. The summed E-state index contributed by atoms with van der Waals surface area (Å²) in [6.07, 6.45) is 5.61. The van der Waals surface area contributed by atoms with Gasteiger partial charge in [0.15, 0.2) is 0 Å². The Labute approximate surface area is 151 Å². The van der Waals surface area contributed by atoms with Gasteiger partial charge in [0.1, 0.15) is 0 Å². The van der Waals surface area contributed by atoms with Gasteiger partial charge in [0.05, 0.1) is 17.4 Å². The Morgan fingerprint density at radius 1 is 1.00 bits per heavy atom. The van der Waals surface area contributed by atoms with Gasteiger partial charge in [-0.2, -0.15) is 0 Å². The first-order valence-electron chi connectivity index (χ1n) is 9.05. The van der Waals surface area contributed by atoms with E-state index in [9.17, 15) is 4.79 Å². The Morgan fingerprint density at radius 2 is 1.60 bits per heavy atom. The lowest BCUT2D eigenvalue weighted by Gasteiger charge is -2.23. The molecule has 134 valence electrons. The number of pyridine rings is 1. The van der Waals surface area contributed by atoms with Crippen molar-refractivity contribution in [2.75, 3.05) is 23.3 Å². The lowest BCUT2D eigenvalue weighted by molar-refractivity contribution is 0.102. The van der Waals surface area contributed by atoms with Crippen LogP contribution in [0.25, 0.3) is 0 Å². The second kappa shape index (κ2) is 8.65. The summed E-state index contributed by atoms with van der Waals surface area (Å²) < 4.78 is 0. The number of nitrogens with zero attached hydrogens (tertiary/aromatic N) is 2. The maximum Gasteiger partial charge on any atom is 0.257 e. The number of amides is 1. The number of nitrogens with one attached hydrogen (secondary N) is 1. The van der Waals surface area contributed by atoms with Gasteiger partial charge in [-0.1, -0.05) is 31.5 Å². The molecular formula is C21H29N3O. The van der Waals surface area contributed by atoms with Crippen LogP contribution < -0.4 is 10.2 Å². The molecule has 4 heteroatoms. The predicted octanol–water partition coefficient (Wildman–Crippen LogP) is 4.89. The lowest BCUT2D eigenvalue weighted by Crippen LogP contribution is -2.25. The number of carbonyl (C=O) groups is 1. The third-order valence-electron chi connectivity index (χ3n) is 4.25. The van der Waals surface area contributed by atoms with Crippen LogP contribution in [0.2, 0.25) is 0 Å². The van der Waals surface area contributed by atoms with E-state index in [2.05, 4.69) is 48.1 Å². The lowest BCUT2D eigenvalue weighted by atomic mass is 10.0. The minimum absolute atomic E-state index is 0.114. The molecule has 2 aromatic rings. The van der Waals surface area contributed by atoms with Crippen molar-refractivity contribution in [2.45, 2.75) is 47.5 Å². The van der Waals surface area contributed by atoms with Gasteiger partial charge in [-0.05, 0) is 50.8 Å². The summed E-state index contributed by atoms with van der Waals surface area (Å²) in [5.74, 6) is -0.114. The van der Waals surface area contributed by atoms with Crippen LogP contribution in [0.1, 0.15) is 53.7 Å². The molecule has 0 aliphatic rings. The van der Waals surface area contributed by atoms with E-state index < -0.39 is 0 Å². The zero-order valence-electron chi connectivity index (χ0n) is 16.0. The van der Waals surface area contributed by atoms with Crippen LogP contribution in [-0.4, -0.2) is 24.0 Å². The fraction of sp³-hybridized carbons (Fsp3) is 0.429. The molecule has 0 fully saturated rings. The van der Waals surface area contributed by atoms with E-state index in [0.29, 0.717) is 5.56 Å². The second-order valence-corrected chi connectivity index (χ2v) is 6.65. The number of benzene rings is 1. The molecule has 0 aliphatic carbocycles. The highest BCUT2D eigenvalue weighted by Gasteiger charge is 2.13. The van der Waals surface area contributed by atoms with Gasteiger partial charge in [-0.15, -0.1) is 0 Å². The van der Waals surface area contributed by atoms with Gasteiger partial charge in [0, 0.05) is 25.0 Å². The number of aryl methyl sites for hydroxylation is 3. The molecular weight excluding hydrogens is 310 g/mol. The van der Waals surface area contributed by atoms with Crippen molar-refractivity contribution in [3.8, 4) is 0 Å². The third-order valence-corrected chi connectivity index (χ3v) is 4.25. The second-order valence-electron chi connectivity index (χ2n) is 6.65. The molecule has 0 atom stereocenters. The Balaban J connectivity index is 2.24. The highest BCUT2D eigenvalue weighted by Crippen LogP contribution is 2.23. The zero-order chi connectivity index (χ0) is 18.4. The topological polar surface area (TPSA) is 45.2 Å². The summed E-state index contributed by atoms with van der Waals surface area (Å²) in [5, 5.41) is 3.05. The summed E-state index contributed by atoms with van der Waals surface area (Å²) in [4.78, 5) is 19.3. The Hall–Kier alpha value is -2.36. The van der Waals surface area contributed by atoms with Crippen molar-refractivity contribution in [1.29, 1.82) is 0 Å². The third kappa shape index (κ3) is 4.81. The molecule has 0 spiro atoms. The molecule has 1 aromatic heterocycles. The van der Waals surface area contributed by atoms with Crippen LogP contribution in [0.3, 0.4) is 0 Å². The summed E-state index contributed by atoms with van der Waals surface area (Å²) in [7, 11) is 0. The minimum atomic E-state index is -0.114. The van der Waals surface area contributed by atoms with Crippen LogP contribution in [0.4, 0.5) is 11.4 Å². The van der Waals surface area contributed by atoms with Crippen LogP contribution in [0.5, 0.6) is 0 Å². The van der Waals surface area contributed by atoms with E-state index in [1.165, 1.54) is 5.56 Å². The number of aromatic nitrogens is 1. The molecule has 1 aromatic carbocycles. The molecule has 1 N–H and O–H groups in total. The summed E-state index contributed by atoms with van der Waals surface area (Å²) in [6, 6.07) is 6.11. The van der Waals surface area contributed by atoms with E-state index in [1.54, 1.807) is 6.20 Å². The average molecular weight is 339 g/mol. The molecule has 0 bridgehead atoms. The van der Waals surface area contributed by atoms with Crippen molar-refractivity contribution in [3.63, 3.8) is 0 Å². The van der Waals surface area contributed by atoms with Gasteiger partial charge in [0.25, 0.3) is 5.91 Å². The van der Waals surface area contributed by atoms with Crippen LogP contribution in [-0.2, 0) is 0 Å². The monoisotopic (exact) mass is 339 g/mol. The maximum atomic E-state index is 12.7. The Kier molecular flexibility index (Phi) is 6.57. The van der Waals surface area contributed by atoms with E-state index in [1.807, 2.05) is 26.1 Å². The fourth-order valence-electron chi connectivity index (χ4n) is 3.20. The first-order chi connectivity index (χ1) is 12.0. The minimum Gasteiger partial charge on any atom is -0.370 e. The quantitative estimate of drug-likeness (QED) is 0.781. The van der Waals surface area contributed by atoms with Gasteiger partial charge < -0.3 is 10.2 Å². The number of anilines is 2.